The van der Waals surface area contributed by atoms with Crippen LogP contribution in [0.3, 0.4) is 0 Å². The second-order valence-corrected chi connectivity index (χ2v) is 8.83. The summed E-state index contributed by atoms with van der Waals surface area (Å²) in [7, 11) is 3.06. The number of rotatable bonds is 3. The number of hydrogen-bond donors (Lipinski definition) is 0. The number of likely N-dealkylation sites (N-methyl/N-ethyl adjacent to an activating group) is 2. The second-order valence-electron chi connectivity index (χ2n) is 7.14. The summed E-state index contributed by atoms with van der Waals surface area (Å²) in [5.74, 6) is -1.34. The van der Waals surface area contributed by atoms with Gasteiger partial charge in [-0.2, -0.15) is 0 Å². The minimum atomic E-state index is -0.471. The van der Waals surface area contributed by atoms with E-state index in [1.165, 1.54) is 30.0 Å². The first-order valence-corrected chi connectivity index (χ1v) is 10.8. The minimum absolute atomic E-state index is 0.00143. The van der Waals surface area contributed by atoms with E-state index in [4.69, 9.17) is 23.8 Å². The third kappa shape index (κ3) is 3.79. The van der Waals surface area contributed by atoms with E-state index in [0.717, 1.165) is 15.4 Å². The van der Waals surface area contributed by atoms with Crippen molar-refractivity contribution in [3.63, 3.8) is 0 Å². The zero-order chi connectivity index (χ0) is 22.4. The Morgan fingerprint density at radius 3 is 2.45 bits per heavy atom. The van der Waals surface area contributed by atoms with Crippen LogP contribution in [-0.4, -0.2) is 45.4 Å². The highest BCUT2D eigenvalue weighted by Gasteiger charge is 2.35. The van der Waals surface area contributed by atoms with Crippen molar-refractivity contribution in [1.29, 1.82) is 0 Å². The Morgan fingerprint density at radius 1 is 1.13 bits per heavy atom. The number of hydrogen-bond acceptors (Lipinski definition) is 3. The normalized spacial score (nSPS) is 14.7. The molecule has 0 aliphatic carbocycles. The van der Waals surface area contributed by atoms with Crippen molar-refractivity contribution in [3.05, 3.63) is 74.6 Å². The number of nitrogens with zero attached hydrogens (tertiary/aromatic N) is 3. The van der Waals surface area contributed by atoms with Crippen molar-refractivity contribution >= 4 is 73.7 Å². The maximum Gasteiger partial charge on any atom is 0.265 e. The molecule has 1 saturated heterocycles. The SMILES string of the molecule is CN1C(=O)C(=Cc2cn(Cc3c(F)cccc3Cl)c3ccc(Br)cc23)C(=O)N(C)C1=S. The smallest absolute Gasteiger partial charge is 0.265 e. The van der Waals surface area contributed by atoms with Gasteiger partial charge >= 0.3 is 0 Å². The Bertz CT molecular complexity index is 1260. The van der Waals surface area contributed by atoms with Crippen molar-refractivity contribution in [2.24, 2.45) is 0 Å². The van der Waals surface area contributed by atoms with Crippen LogP contribution in [0.15, 0.2) is 52.6 Å². The van der Waals surface area contributed by atoms with Crippen LogP contribution in [0.4, 0.5) is 4.39 Å². The Kier molecular flexibility index (Phi) is 5.72. The molecule has 0 N–H and O–H groups in total. The van der Waals surface area contributed by atoms with E-state index in [1.807, 2.05) is 22.8 Å². The van der Waals surface area contributed by atoms with Gasteiger partial charge in [-0.15, -0.1) is 0 Å². The Morgan fingerprint density at radius 2 is 1.81 bits per heavy atom. The van der Waals surface area contributed by atoms with Crippen LogP contribution in [0.1, 0.15) is 11.1 Å². The quantitative estimate of drug-likeness (QED) is 0.282. The molecule has 1 aliphatic heterocycles. The third-order valence-corrected chi connectivity index (χ3v) is 6.60. The fourth-order valence-electron chi connectivity index (χ4n) is 3.53. The summed E-state index contributed by atoms with van der Waals surface area (Å²) in [6.07, 6.45) is 3.33. The number of fused-ring (bicyclic) bond motifs is 1. The first kappa shape index (κ1) is 21.7. The van der Waals surface area contributed by atoms with Crippen molar-refractivity contribution < 1.29 is 14.0 Å². The minimum Gasteiger partial charge on any atom is -0.342 e. The second kappa shape index (κ2) is 8.18. The van der Waals surface area contributed by atoms with E-state index >= 15 is 0 Å². The number of amides is 2. The summed E-state index contributed by atoms with van der Waals surface area (Å²) >= 11 is 14.8. The van der Waals surface area contributed by atoms with Crippen LogP contribution in [0, 0.1) is 5.82 Å². The molecule has 0 radical (unpaired) electrons. The van der Waals surface area contributed by atoms with E-state index in [2.05, 4.69) is 15.9 Å². The molecule has 2 heterocycles. The third-order valence-electron chi connectivity index (χ3n) is 5.21. The van der Waals surface area contributed by atoms with Crippen molar-refractivity contribution in [2.75, 3.05) is 14.1 Å². The molecule has 1 fully saturated rings. The molecule has 5 nitrogen and oxygen atoms in total. The summed E-state index contributed by atoms with van der Waals surface area (Å²) in [5, 5.41) is 1.27. The molecule has 0 saturated carbocycles. The molecular weight excluding hydrogens is 505 g/mol. The maximum atomic E-state index is 14.4. The van der Waals surface area contributed by atoms with Gasteiger partial charge in [0.05, 0.1) is 6.54 Å². The van der Waals surface area contributed by atoms with Gasteiger partial charge in [0.2, 0.25) is 0 Å². The molecule has 1 aromatic heterocycles. The van der Waals surface area contributed by atoms with Gasteiger partial charge in [-0.05, 0) is 48.6 Å². The van der Waals surface area contributed by atoms with Crippen LogP contribution >= 0.6 is 39.7 Å². The molecule has 0 unspecified atom stereocenters. The molecular formula is C22H16BrClFN3O2S. The molecule has 158 valence electrons. The van der Waals surface area contributed by atoms with E-state index in [1.54, 1.807) is 24.4 Å². The summed E-state index contributed by atoms with van der Waals surface area (Å²) < 4.78 is 17.0. The zero-order valence-electron chi connectivity index (χ0n) is 16.5. The molecule has 3 aromatic rings. The van der Waals surface area contributed by atoms with Crippen molar-refractivity contribution in [1.82, 2.24) is 14.4 Å². The Balaban J connectivity index is 1.87. The number of carbonyl (C=O) groups excluding carboxylic acids is 2. The highest BCUT2D eigenvalue weighted by molar-refractivity contribution is 9.10. The molecule has 2 aromatic carbocycles. The predicted molar refractivity (Wildman–Crippen MR) is 126 cm³/mol. The summed E-state index contributed by atoms with van der Waals surface area (Å²) in [6, 6.07) is 10.2. The average molecular weight is 521 g/mol. The number of carbonyl (C=O) groups is 2. The topological polar surface area (TPSA) is 45.6 Å². The van der Waals surface area contributed by atoms with E-state index in [-0.39, 0.29) is 17.2 Å². The number of benzene rings is 2. The van der Waals surface area contributed by atoms with E-state index < -0.39 is 17.6 Å². The highest BCUT2D eigenvalue weighted by atomic mass is 79.9. The lowest BCUT2D eigenvalue weighted by Gasteiger charge is -2.31. The Hall–Kier alpha value is -2.55. The fourth-order valence-corrected chi connectivity index (χ4v) is 4.28. The van der Waals surface area contributed by atoms with Crippen LogP contribution in [0.5, 0.6) is 0 Å². The van der Waals surface area contributed by atoms with Crippen LogP contribution in [-0.2, 0) is 16.1 Å². The van der Waals surface area contributed by atoms with Gasteiger partial charge in [0.1, 0.15) is 11.4 Å². The molecule has 0 atom stereocenters. The molecule has 9 heteroatoms. The molecule has 0 spiro atoms. The molecule has 0 bridgehead atoms. The maximum absolute atomic E-state index is 14.4. The monoisotopic (exact) mass is 519 g/mol. The first-order valence-electron chi connectivity index (χ1n) is 9.22. The van der Waals surface area contributed by atoms with Gasteiger partial charge in [0, 0.05) is 51.8 Å². The summed E-state index contributed by atoms with van der Waals surface area (Å²) in [4.78, 5) is 28.0. The summed E-state index contributed by atoms with van der Waals surface area (Å²) in [5.41, 5.74) is 1.82. The van der Waals surface area contributed by atoms with Crippen LogP contribution in [0.2, 0.25) is 5.02 Å². The van der Waals surface area contributed by atoms with Gasteiger partial charge in [0.15, 0.2) is 5.11 Å². The predicted octanol–water partition coefficient (Wildman–Crippen LogP) is 4.84. The Labute approximate surface area is 196 Å². The van der Waals surface area contributed by atoms with E-state index in [9.17, 15) is 14.0 Å². The van der Waals surface area contributed by atoms with Crippen molar-refractivity contribution in [2.45, 2.75) is 6.54 Å². The van der Waals surface area contributed by atoms with Crippen LogP contribution < -0.4 is 0 Å². The molecule has 4 rings (SSSR count). The zero-order valence-corrected chi connectivity index (χ0v) is 19.7. The van der Waals surface area contributed by atoms with Crippen molar-refractivity contribution in [3.8, 4) is 0 Å². The largest absolute Gasteiger partial charge is 0.342 e. The van der Waals surface area contributed by atoms with Gasteiger partial charge in [-0.3, -0.25) is 19.4 Å². The average Bonchev–Trinajstić information content (AvgIpc) is 3.07. The fraction of sp³-hybridized carbons (Fsp3) is 0.136. The summed E-state index contributed by atoms with van der Waals surface area (Å²) in [6.45, 7) is 0.193. The molecule has 2 amide bonds. The molecule has 31 heavy (non-hydrogen) atoms. The van der Waals surface area contributed by atoms with Gasteiger partial charge in [-0.25, -0.2) is 4.39 Å². The number of halogens is 3. The van der Waals surface area contributed by atoms with Crippen LogP contribution in [0.25, 0.3) is 17.0 Å². The lowest BCUT2D eigenvalue weighted by atomic mass is 10.1. The number of aromatic nitrogens is 1. The van der Waals surface area contributed by atoms with Gasteiger partial charge in [-0.1, -0.05) is 33.6 Å². The number of thiocarbonyl (C=S) groups is 1. The lowest BCUT2D eigenvalue weighted by molar-refractivity contribution is -0.132. The highest BCUT2D eigenvalue weighted by Crippen LogP contribution is 2.30. The standard InChI is InChI=1S/C22H16BrClFN3O2S/c1-26-20(29)15(21(30)27(2)22(26)31)8-12-10-28(19-7-6-13(23)9-14(12)19)11-16-17(24)4-3-5-18(16)25/h3-10H,11H2,1-2H3. The first-order chi connectivity index (χ1) is 14.7. The lowest BCUT2D eigenvalue weighted by Crippen LogP contribution is -2.52. The van der Waals surface area contributed by atoms with Gasteiger partial charge < -0.3 is 4.57 Å². The van der Waals surface area contributed by atoms with Gasteiger partial charge in [0.25, 0.3) is 11.8 Å². The van der Waals surface area contributed by atoms with E-state index in [0.29, 0.717) is 16.1 Å². The molecule has 1 aliphatic rings.